The van der Waals surface area contributed by atoms with Crippen LogP contribution in [0.1, 0.15) is 29.5 Å². The largest absolute Gasteiger partial charge is 0.497 e. The van der Waals surface area contributed by atoms with Crippen molar-refractivity contribution in [2.75, 3.05) is 17.7 Å². The first-order valence-corrected chi connectivity index (χ1v) is 10.9. The average molecular weight is 449 g/mol. The van der Waals surface area contributed by atoms with Gasteiger partial charge in [-0.1, -0.05) is 48.0 Å². The summed E-state index contributed by atoms with van der Waals surface area (Å²) in [6, 6.07) is 19.4. The van der Waals surface area contributed by atoms with Crippen molar-refractivity contribution in [1.82, 2.24) is 0 Å². The van der Waals surface area contributed by atoms with Crippen LogP contribution < -0.4 is 15.4 Å². The number of ether oxygens (including phenoxy) is 1. The maximum atomic E-state index is 15.0. The maximum absolute atomic E-state index is 15.0. The predicted octanol–water partition coefficient (Wildman–Crippen LogP) is 6.32. The van der Waals surface area contributed by atoms with Crippen molar-refractivity contribution in [3.05, 3.63) is 100 Å². The Morgan fingerprint density at radius 1 is 1.00 bits per heavy atom. The summed E-state index contributed by atoms with van der Waals surface area (Å²) in [6.45, 7) is 0. The third-order valence-electron chi connectivity index (χ3n) is 6.19. The van der Waals surface area contributed by atoms with Crippen LogP contribution in [0.15, 0.2) is 78.5 Å². The van der Waals surface area contributed by atoms with E-state index < -0.39 is 17.8 Å². The molecule has 6 heteroatoms. The number of ketones is 1. The van der Waals surface area contributed by atoms with Crippen LogP contribution in [0, 0.1) is 11.7 Å². The third kappa shape index (κ3) is 3.63. The number of methoxy groups -OCH3 is 1. The van der Waals surface area contributed by atoms with Crippen LogP contribution in [-0.2, 0) is 4.79 Å². The molecule has 1 aliphatic heterocycles. The molecule has 3 aromatic carbocycles. The number of benzene rings is 3. The molecule has 0 bridgehead atoms. The summed E-state index contributed by atoms with van der Waals surface area (Å²) in [5, 5.41) is 7.13. The molecule has 4 nitrogen and oxygen atoms in total. The number of para-hydroxylation sites is 2. The molecule has 2 aliphatic rings. The smallest absolute Gasteiger partial charge is 0.145 e. The number of hydrogen-bond acceptors (Lipinski definition) is 4. The number of nitrogens with one attached hydrogen (secondary N) is 2. The van der Waals surface area contributed by atoms with Crippen molar-refractivity contribution in [3.63, 3.8) is 0 Å². The lowest BCUT2D eigenvalue weighted by atomic mass is 9.76. The van der Waals surface area contributed by atoms with Gasteiger partial charge in [-0.15, -0.1) is 0 Å². The lowest BCUT2D eigenvalue weighted by Gasteiger charge is -2.33. The van der Waals surface area contributed by atoms with Gasteiger partial charge in [0.15, 0.2) is 0 Å². The molecule has 0 saturated heterocycles. The number of carbonyl (C=O) groups is 1. The van der Waals surface area contributed by atoms with Gasteiger partial charge in [-0.05, 0) is 42.0 Å². The molecule has 3 aromatic rings. The molecule has 0 saturated carbocycles. The Morgan fingerprint density at radius 3 is 2.47 bits per heavy atom. The first-order valence-electron chi connectivity index (χ1n) is 10.5. The zero-order chi connectivity index (χ0) is 22.2. The van der Waals surface area contributed by atoms with Crippen molar-refractivity contribution in [1.29, 1.82) is 0 Å². The van der Waals surface area contributed by atoms with Gasteiger partial charge >= 0.3 is 0 Å². The molecule has 162 valence electrons. The van der Waals surface area contributed by atoms with Crippen molar-refractivity contribution < 1.29 is 13.9 Å². The Morgan fingerprint density at radius 2 is 1.75 bits per heavy atom. The van der Waals surface area contributed by atoms with Gasteiger partial charge in [0.25, 0.3) is 0 Å². The Labute approximate surface area is 191 Å². The number of rotatable bonds is 3. The average Bonchev–Trinajstić information content (AvgIpc) is 2.96. The SMILES string of the molecule is COc1ccc([C@@H]2C=C3Nc4ccccc4N[C@H](c4c(F)cccc4Cl)[C@H]3C(=O)C2)cc1. The van der Waals surface area contributed by atoms with Crippen LogP contribution >= 0.6 is 11.6 Å². The topological polar surface area (TPSA) is 50.4 Å². The highest BCUT2D eigenvalue weighted by Crippen LogP contribution is 2.46. The first-order chi connectivity index (χ1) is 15.5. The quantitative estimate of drug-likeness (QED) is 0.492. The fourth-order valence-corrected chi connectivity index (χ4v) is 4.90. The van der Waals surface area contributed by atoms with Crippen molar-refractivity contribution in [2.24, 2.45) is 5.92 Å². The summed E-state index contributed by atoms with van der Waals surface area (Å²) in [5.41, 5.74) is 3.71. The molecule has 2 N–H and O–H groups in total. The Balaban J connectivity index is 1.63. The molecule has 0 aromatic heterocycles. The Kier molecular flexibility index (Phi) is 5.35. The summed E-state index contributed by atoms with van der Waals surface area (Å²) < 4.78 is 20.2. The van der Waals surface area contributed by atoms with Crippen LogP contribution in [0.4, 0.5) is 15.8 Å². The van der Waals surface area contributed by atoms with E-state index in [1.54, 1.807) is 19.2 Å². The van der Waals surface area contributed by atoms with Gasteiger partial charge in [-0.2, -0.15) is 0 Å². The lowest BCUT2D eigenvalue weighted by Crippen LogP contribution is -2.34. The molecule has 1 heterocycles. The standard InChI is InChI=1S/C26H22ClFN2O2/c1-32-17-11-9-15(10-12-17)16-13-22-25(23(31)14-16)26(24-18(27)5-4-6-19(24)28)30-21-8-3-2-7-20(21)29-22/h2-13,16,25-26,29-30H,14H2,1H3/t16-,25-,26-/m1/s1. The number of allylic oxidation sites excluding steroid dienone is 1. The van der Waals surface area contributed by atoms with E-state index in [9.17, 15) is 9.18 Å². The third-order valence-corrected chi connectivity index (χ3v) is 6.52. The van der Waals surface area contributed by atoms with E-state index in [0.717, 1.165) is 28.4 Å². The molecule has 32 heavy (non-hydrogen) atoms. The number of anilines is 2. The molecular formula is C26H22ClFN2O2. The number of halogens is 2. The summed E-state index contributed by atoms with van der Waals surface area (Å²) in [6.07, 6.45) is 2.40. The highest BCUT2D eigenvalue weighted by molar-refractivity contribution is 6.31. The highest BCUT2D eigenvalue weighted by Gasteiger charge is 2.41. The van der Waals surface area contributed by atoms with Crippen molar-refractivity contribution >= 4 is 28.8 Å². The number of hydrogen-bond donors (Lipinski definition) is 2. The Hall–Kier alpha value is -3.31. The van der Waals surface area contributed by atoms with Gasteiger partial charge < -0.3 is 15.4 Å². The summed E-state index contributed by atoms with van der Waals surface area (Å²) in [5.74, 6) is -0.318. The minimum absolute atomic E-state index is 0.0282. The van der Waals surface area contributed by atoms with E-state index in [1.165, 1.54) is 6.07 Å². The molecule has 1 aliphatic carbocycles. The fourth-order valence-electron chi connectivity index (χ4n) is 4.62. The van der Waals surface area contributed by atoms with Crippen LogP contribution in [0.3, 0.4) is 0 Å². The number of carbonyl (C=O) groups excluding carboxylic acids is 1. The van der Waals surface area contributed by atoms with Crippen LogP contribution in [-0.4, -0.2) is 12.9 Å². The van der Waals surface area contributed by atoms with E-state index in [1.807, 2.05) is 48.5 Å². The van der Waals surface area contributed by atoms with E-state index in [-0.39, 0.29) is 11.7 Å². The first kappa shape index (κ1) is 20.6. The van der Waals surface area contributed by atoms with E-state index >= 15 is 0 Å². The zero-order valence-corrected chi connectivity index (χ0v) is 18.2. The second-order valence-corrected chi connectivity index (χ2v) is 8.48. The molecule has 0 unspecified atom stereocenters. The van der Waals surface area contributed by atoms with Crippen molar-refractivity contribution in [3.8, 4) is 5.75 Å². The molecule has 3 atom stereocenters. The highest BCUT2D eigenvalue weighted by atomic mass is 35.5. The number of Topliss-reactive ketones (excluding diaryl/α,β-unsaturated/α-hetero) is 1. The van der Waals surface area contributed by atoms with Crippen LogP contribution in [0.2, 0.25) is 5.02 Å². The van der Waals surface area contributed by atoms with Crippen LogP contribution in [0.25, 0.3) is 0 Å². The predicted molar refractivity (Wildman–Crippen MR) is 125 cm³/mol. The lowest BCUT2D eigenvalue weighted by molar-refractivity contribution is -0.122. The normalized spacial score (nSPS) is 21.9. The van der Waals surface area contributed by atoms with Gasteiger partial charge in [0.05, 0.1) is 30.4 Å². The monoisotopic (exact) mass is 448 g/mol. The Bertz CT molecular complexity index is 1190. The van der Waals surface area contributed by atoms with Gasteiger partial charge in [-0.3, -0.25) is 4.79 Å². The van der Waals surface area contributed by atoms with Gasteiger partial charge in [-0.25, -0.2) is 4.39 Å². The summed E-state index contributed by atoms with van der Waals surface area (Å²) in [7, 11) is 1.62. The molecule has 0 fully saturated rings. The molecule has 0 spiro atoms. The summed E-state index contributed by atoms with van der Waals surface area (Å²) in [4.78, 5) is 13.5. The van der Waals surface area contributed by atoms with Crippen LogP contribution in [0.5, 0.6) is 5.75 Å². The second kappa shape index (κ2) is 8.32. The maximum Gasteiger partial charge on any atom is 0.145 e. The van der Waals surface area contributed by atoms with E-state index in [4.69, 9.17) is 16.3 Å². The minimum Gasteiger partial charge on any atom is -0.497 e. The molecule has 0 radical (unpaired) electrons. The van der Waals surface area contributed by atoms with Crippen molar-refractivity contribution in [2.45, 2.75) is 18.4 Å². The van der Waals surface area contributed by atoms with Gasteiger partial charge in [0.2, 0.25) is 0 Å². The fraction of sp³-hybridized carbons (Fsp3) is 0.192. The van der Waals surface area contributed by atoms with Gasteiger partial charge in [0.1, 0.15) is 17.3 Å². The molecule has 5 rings (SSSR count). The van der Waals surface area contributed by atoms with E-state index in [0.29, 0.717) is 17.0 Å². The zero-order valence-electron chi connectivity index (χ0n) is 17.4. The number of fused-ring (bicyclic) bond motifs is 2. The molecular weight excluding hydrogens is 427 g/mol. The van der Waals surface area contributed by atoms with Gasteiger partial charge in [0, 0.05) is 28.6 Å². The summed E-state index contributed by atoms with van der Waals surface area (Å²) >= 11 is 6.43. The molecule has 0 amide bonds. The minimum atomic E-state index is -0.629. The second-order valence-electron chi connectivity index (χ2n) is 8.08. The van der Waals surface area contributed by atoms with E-state index in [2.05, 4.69) is 16.7 Å².